The van der Waals surface area contributed by atoms with Crippen LogP contribution in [0.4, 0.5) is 0 Å². The normalized spacial score (nSPS) is 11.2. The van der Waals surface area contributed by atoms with Gasteiger partial charge in [-0.2, -0.15) is 0 Å². The van der Waals surface area contributed by atoms with E-state index in [2.05, 4.69) is 10.3 Å². The van der Waals surface area contributed by atoms with Crippen molar-refractivity contribution >= 4 is 5.91 Å². The molecule has 94 valence electrons. The third-order valence-electron chi connectivity index (χ3n) is 2.53. The van der Waals surface area contributed by atoms with Gasteiger partial charge < -0.3 is 15.4 Å². The molecule has 0 radical (unpaired) electrons. The van der Waals surface area contributed by atoms with Gasteiger partial charge in [0.25, 0.3) is 5.91 Å². The number of hydrogen-bond acceptors (Lipinski definition) is 3. The number of aromatic nitrogens is 1. The fourth-order valence-corrected chi connectivity index (χ4v) is 1.39. The maximum absolute atomic E-state index is 11.7. The maximum Gasteiger partial charge on any atom is 0.267 e. The number of aliphatic hydroxyl groups is 1. The summed E-state index contributed by atoms with van der Waals surface area (Å²) in [7, 11) is 0. The smallest absolute Gasteiger partial charge is 0.267 e. The minimum absolute atomic E-state index is 0.0883. The molecule has 5 heteroatoms. The van der Waals surface area contributed by atoms with Gasteiger partial charge in [-0.3, -0.25) is 9.59 Å². The molecule has 1 aromatic heterocycles. The number of H-pyrrole nitrogens is 1. The van der Waals surface area contributed by atoms with Crippen LogP contribution >= 0.6 is 0 Å². The van der Waals surface area contributed by atoms with Crippen LogP contribution in [0.1, 0.15) is 30.8 Å². The molecule has 0 fully saturated rings. The van der Waals surface area contributed by atoms with Crippen molar-refractivity contribution in [2.45, 2.75) is 20.3 Å². The Balaban J connectivity index is 2.59. The van der Waals surface area contributed by atoms with E-state index >= 15 is 0 Å². The average Bonchev–Trinajstić information content (AvgIpc) is 2.26. The molecule has 0 aliphatic carbocycles. The van der Waals surface area contributed by atoms with Crippen LogP contribution in [0.25, 0.3) is 0 Å². The third kappa shape index (κ3) is 4.40. The summed E-state index contributed by atoms with van der Waals surface area (Å²) in [5, 5.41) is 11.6. The molecular weight excluding hydrogens is 220 g/mol. The summed E-state index contributed by atoms with van der Waals surface area (Å²) in [6, 6.07) is 4.44. The first-order valence-corrected chi connectivity index (χ1v) is 5.53. The number of aromatic amines is 1. The molecule has 1 aromatic rings. The predicted molar refractivity (Wildman–Crippen MR) is 64.9 cm³/mol. The van der Waals surface area contributed by atoms with Crippen molar-refractivity contribution in [2.75, 3.05) is 13.2 Å². The van der Waals surface area contributed by atoms with Gasteiger partial charge in [0.05, 0.1) is 0 Å². The van der Waals surface area contributed by atoms with Crippen LogP contribution in [0.5, 0.6) is 0 Å². The number of pyridine rings is 1. The van der Waals surface area contributed by atoms with Crippen LogP contribution < -0.4 is 10.9 Å². The van der Waals surface area contributed by atoms with E-state index in [4.69, 9.17) is 5.11 Å². The van der Waals surface area contributed by atoms with Gasteiger partial charge in [0.2, 0.25) is 5.56 Å². The van der Waals surface area contributed by atoms with Gasteiger partial charge in [0.1, 0.15) is 5.69 Å². The average molecular weight is 238 g/mol. The summed E-state index contributed by atoms with van der Waals surface area (Å²) in [6.45, 7) is 4.45. The van der Waals surface area contributed by atoms with E-state index < -0.39 is 0 Å². The molecule has 0 unspecified atom stereocenters. The number of carbonyl (C=O) groups is 1. The molecule has 0 saturated carbocycles. The number of aliphatic hydroxyl groups excluding tert-OH is 1. The van der Waals surface area contributed by atoms with Crippen molar-refractivity contribution in [2.24, 2.45) is 5.41 Å². The molecule has 0 spiro atoms. The fraction of sp³-hybridized carbons (Fsp3) is 0.500. The Bertz CT molecular complexity index is 437. The van der Waals surface area contributed by atoms with Crippen molar-refractivity contribution in [3.8, 4) is 0 Å². The van der Waals surface area contributed by atoms with Crippen LogP contribution in [0, 0.1) is 5.41 Å². The summed E-state index contributed by atoms with van der Waals surface area (Å²) in [6.07, 6.45) is 0.610. The van der Waals surface area contributed by atoms with Gasteiger partial charge >= 0.3 is 0 Å². The Labute approximate surface area is 99.9 Å². The number of hydrogen-bond donors (Lipinski definition) is 3. The Morgan fingerprint density at radius 3 is 2.76 bits per heavy atom. The standard InChI is InChI=1S/C12H18N2O3/c1-12(2,6-7-15)8-13-11(17)9-4-3-5-10(16)14-9/h3-5,15H,6-8H2,1-2H3,(H,13,17)(H,14,16). The highest BCUT2D eigenvalue weighted by molar-refractivity contribution is 5.92. The van der Waals surface area contributed by atoms with Crippen LogP contribution in [0.2, 0.25) is 0 Å². The molecule has 17 heavy (non-hydrogen) atoms. The molecule has 1 heterocycles. The zero-order valence-corrected chi connectivity index (χ0v) is 10.1. The maximum atomic E-state index is 11.7. The van der Waals surface area contributed by atoms with Gasteiger partial charge in [-0.15, -0.1) is 0 Å². The van der Waals surface area contributed by atoms with Gasteiger partial charge in [-0.1, -0.05) is 19.9 Å². The SMILES string of the molecule is CC(C)(CCO)CNC(=O)c1cccc(=O)[nH]1. The van der Waals surface area contributed by atoms with E-state index in [1.807, 2.05) is 13.8 Å². The monoisotopic (exact) mass is 238 g/mol. The molecule has 0 atom stereocenters. The van der Waals surface area contributed by atoms with E-state index in [1.165, 1.54) is 12.1 Å². The van der Waals surface area contributed by atoms with Gasteiger partial charge in [0.15, 0.2) is 0 Å². The highest BCUT2D eigenvalue weighted by atomic mass is 16.3. The molecule has 1 amide bonds. The molecule has 0 saturated heterocycles. The lowest BCUT2D eigenvalue weighted by Gasteiger charge is -2.23. The van der Waals surface area contributed by atoms with Crippen LogP contribution in [-0.4, -0.2) is 29.1 Å². The zero-order chi connectivity index (χ0) is 12.9. The van der Waals surface area contributed by atoms with Crippen LogP contribution in [0.3, 0.4) is 0 Å². The minimum atomic E-state index is -0.311. The lowest BCUT2D eigenvalue weighted by molar-refractivity contribution is 0.0923. The topological polar surface area (TPSA) is 82.2 Å². The molecular formula is C12H18N2O3. The number of carbonyl (C=O) groups excluding carboxylic acids is 1. The lowest BCUT2D eigenvalue weighted by Crippen LogP contribution is -2.35. The van der Waals surface area contributed by atoms with E-state index in [0.717, 1.165) is 0 Å². The second-order valence-electron chi connectivity index (χ2n) is 4.75. The zero-order valence-electron chi connectivity index (χ0n) is 10.1. The quantitative estimate of drug-likeness (QED) is 0.699. The second kappa shape index (κ2) is 5.63. The predicted octanol–water partition coefficient (Wildman–Crippen LogP) is 0.513. The molecule has 5 nitrogen and oxygen atoms in total. The first kappa shape index (κ1) is 13.4. The van der Waals surface area contributed by atoms with Crippen LogP contribution in [0.15, 0.2) is 23.0 Å². The van der Waals surface area contributed by atoms with Crippen molar-refractivity contribution in [1.82, 2.24) is 10.3 Å². The van der Waals surface area contributed by atoms with E-state index in [1.54, 1.807) is 6.07 Å². The number of nitrogens with one attached hydrogen (secondary N) is 2. The van der Waals surface area contributed by atoms with Crippen molar-refractivity contribution in [3.63, 3.8) is 0 Å². The van der Waals surface area contributed by atoms with E-state index in [-0.39, 0.29) is 29.2 Å². The summed E-state index contributed by atoms with van der Waals surface area (Å²) in [5.41, 5.74) is -0.219. The summed E-state index contributed by atoms with van der Waals surface area (Å²) >= 11 is 0. The van der Waals surface area contributed by atoms with Gasteiger partial charge in [-0.05, 0) is 17.9 Å². The first-order chi connectivity index (χ1) is 7.94. The summed E-state index contributed by atoms with van der Waals surface area (Å²) in [5.74, 6) is -0.311. The summed E-state index contributed by atoms with van der Waals surface area (Å²) < 4.78 is 0. The van der Waals surface area contributed by atoms with Crippen molar-refractivity contribution in [1.29, 1.82) is 0 Å². The van der Waals surface area contributed by atoms with E-state index in [9.17, 15) is 9.59 Å². The third-order valence-corrected chi connectivity index (χ3v) is 2.53. The highest BCUT2D eigenvalue weighted by Crippen LogP contribution is 2.17. The van der Waals surface area contributed by atoms with Gasteiger partial charge in [-0.25, -0.2) is 0 Å². The number of amides is 1. The van der Waals surface area contributed by atoms with Crippen molar-refractivity contribution in [3.05, 3.63) is 34.2 Å². The Morgan fingerprint density at radius 1 is 1.47 bits per heavy atom. The molecule has 0 aliphatic rings. The molecule has 0 bridgehead atoms. The molecule has 3 N–H and O–H groups in total. The van der Waals surface area contributed by atoms with E-state index in [0.29, 0.717) is 13.0 Å². The fourth-order valence-electron chi connectivity index (χ4n) is 1.39. The van der Waals surface area contributed by atoms with Crippen LogP contribution in [-0.2, 0) is 0 Å². The largest absolute Gasteiger partial charge is 0.396 e. The highest BCUT2D eigenvalue weighted by Gasteiger charge is 2.18. The van der Waals surface area contributed by atoms with Crippen molar-refractivity contribution < 1.29 is 9.90 Å². The molecule has 0 aromatic carbocycles. The Morgan fingerprint density at radius 2 is 2.18 bits per heavy atom. The second-order valence-corrected chi connectivity index (χ2v) is 4.75. The first-order valence-electron chi connectivity index (χ1n) is 5.53. The Kier molecular flexibility index (Phi) is 4.45. The van der Waals surface area contributed by atoms with Gasteiger partial charge in [0, 0.05) is 19.2 Å². The Hall–Kier alpha value is -1.62. The molecule has 0 aliphatic heterocycles. The minimum Gasteiger partial charge on any atom is -0.396 e. The molecule has 1 rings (SSSR count). The summed E-state index contributed by atoms with van der Waals surface area (Å²) in [4.78, 5) is 25.2. The number of rotatable bonds is 5. The lowest BCUT2D eigenvalue weighted by atomic mass is 9.90.